The molecule has 0 atom stereocenters. The molecule has 98 valence electrons. The maximum Gasteiger partial charge on any atom is 0.259 e. The van der Waals surface area contributed by atoms with E-state index in [4.69, 9.17) is 5.11 Å². The van der Waals surface area contributed by atoms with Gasteiger partial charge in [0, 0.05) is 6.07 Å². The summed E-state index contributed by atoms with van der Waals surface area (Å²) >= 11 is 0. The Morgan fingerprint density at radius 2 is 1.63 bits per heavy atom. The van der Waals surface area contributed by atoms with Crippen LogP contribution < -0.4 is 5.32 Å². The van der Waals surface area contributed by atoms with Crippen molar-refractivity contribution in [3.8, 4) is 17.2 Å². The third-order valence-corrected chi connectivity index (χ3v) is 2.43. The van der Waals surface area contributed by atoms with Gasteiger partial charge in [0.2, 0.25) is 0 Å². The van der Waals surface area contributed by atoms with Crippen molar-refractivity contribution in [1.29, 1.82) is 0 Å². The van der Waals surface area contributed by atoms with E-state index in [0.29, 0.717) is 0 Å². The summed E-state index contributed by atoms with van der Waals surface area (Å²) < 4.78 is 13.4. The van der Waals surface area contributed by atoms with E-state index in [1.165, 1.54) is 18.2 Å². The van der Waals surface area contributed by atoms with Crippen molar-refractivity contribution < 1.29 is 24.5 Å². The Hall–Kier alpha value is -2.76. The molecule has 0 aromatic heterocycles. The van der Waals surface area contributed by atoms with Gasteiger partial charge in [0.15, 0.2) is 0 Å². The number of hydrogen-bond donors (Lipinski definition) is 4. The van der Waals surface area contributed by atoms with E-state index < -0.39 is 11.7 Å². The minimum atomic E-state index is -0.812. The van der Waals surface area contributed by atoms with Gasteiger partial charge in [-0.25, -0.2) is 4.39 Å². The van der Waals surface area contributed by atoms with Gasteiger partial charge in [0.05, 0.1) is 11.3 Å². The molecule has 5 nitrogen and oxygen atoms in total. The predicted octanol–water partition coefficient (Wildman–Crippen LogP) is 2.19. The van der Waals surface area contributed by atoms with Gasteiger partial charge >= 0.3 is 0 Å². The van der Waals surface area contributed by atoms with Crippen LogP contribution in [0.25, 0.3) is 0 Å². The van der Waals surface area contributed by atoms with Gasteiger partial charge in [-0.2, -0.15) is 0 Å². The molecule has 0 saturated heterocycles. The van der Waals surface area contributed by atoms with Crippen molar-refractivity contribution in [3.63, 3.8) is 0 Å². The zero-order valence-electron chi connectivity index (χ0n) is 9.59. The summed E-state index contributed by atoms with van der Waals surface area (Å²) in [6.45, 7) is 0. The second-order valence-corrected chi connectivity index (χ2v) is 3.82. The highest BCUT2D eigenvalue weighted by atomic mass is 19.1. The van der Waals surface area contributed by atoms with Crippen LogP contribution in [0.1, 0.15) is 10.4 Å². The second kappa shape index (κ2) is 4.85. The molecule has 4 N–H and O–H groups in total. The lowest BCUT2D eigenvalue weighted by atomic mass is 10.1. The zero-order valence-corrected chi connectivity index (χ0v) is 9.59. The van der Waals surface area contributed by atoms with Gasteiger partial charge in [-0.3, -0.25) is 4.79 Å². The molecule has 2 rings (SSSR count). The maximum atomic E-state index is 13.4. The molecule has 0 heterocycles. The number of aromatic hydroxyl groups is 3. The Balaban J connectivity index is 2.28. The second-order valence-electron chi connectivity index (χ2n) is 3.82. The third kappa shape index (κ3) is 2.74. The highest BCUT2D eigenvalue weighted by Crippen LogP contribution is 2.25. The van der Waals surface area contributed by atoms with Crippen molar-refractivity contribution in [1.82, 2.24) is 0 Å². The number of hydrogen-bond acceptors (Lipinski definition) is 4. The third-order valence-electron chi connectivity index (χ3n) is 2.43. The molecule has 0 bridgehead atoms. The molecule has 0 saturated carbocycles. The van der Waals surface area contributed by atoms with Gasteiger partial charge < -0.3 is 20.6 Å². The van der Waals surface area contributed by atoms with E-state index in [0.717, 1.165) is 18.2 Å². The van der Waals surface area contributed by atoms with Crippen LogP contribution in [0, 0.1) is 5.82 Å². The summed E-state index contributed by atoms with van der Waals surface area (Å²) in [6, 6.07) is 6.66. The van der Waals surface area contributed by atoms with E-state index in [1.54, 1.807) is 0 Å². The number of nitrogens with one attached hydrogen (secondary N) is 1. The molecule has 2 aromatic rings. The molecular weight excluding hydrogens is 253 g/mol. The summed E-state index contributed by atoms with van der Waals surface area (Å²) in [7, 11) is 0. The Morgan fingerprint density at radius 1 is 1.00 bits per heavy atom. The number of amides is 1. The van der Waals surface area contributed by atoms with Gasteiger partial charge in [-0.15, -0.1) is 0 Å². The molecule has 0 aliphatic carbocycles. The Bertz CT molecular complexity index is 643. The number of carbonyl (C=O) groups excluding carboxylic acids is 1. The van der Waals surface area contributed by atoms with E-state index in [2.05, 4.69) is 5.32 Å². The average molecular weight is 263 g/mol. The van der Waals surface area contributed by atoms with E-state index in [-0.39, 0.29) is 28.5 Å². The fourth-order valence-electron chi connectivity index (χ4n) is 1.50. The lowest BCUT2D eigenvalue weighted by molar-refractivity contribution is 0.102. The van der Waals surface area contributed by atoms with Gasteiger partial charge in [0.1, 0.15) is 23.1 Å². The van der Waals surface area contributed by atoms with E-state index in [9.17, 15) is 19.4 Å². The number of phenols is 3. The fourth-order valence-corrected chi connectivity index (χ4v) is 1.50. The Kier molecular flexibility index (Phi) is 3.24. The van der Waals surface area contributed by atoms with Crippen molar-refractivity contribution >= 4 is 11.6 Å². The molecule has 1 amide bonds. The summed E-state index contributed by atoms with van der Waals surface area (Å²) in [5, 5.41) is 30.0. The highest BCUT2D eigenvalue weighted by Gasteiger charge is 2.14. The molecule has 6 heteroatoms. The fraction of sp³-hybridized carbons (Fsp3) is 0. The zero-order chi connectivity index (χ0) is 14.0. The van der Waals surface area contributed by atoms with Crippen LogP contribution in [-0.4, -0.2) is 21.2 Å². The molecular formula is C13H10FNO4. The van der Waals surface area contributed by atoms with Crippen LogP contribution in [0.2, 0.25) is 0 Å². The standard InChI is InChI=1S/C13H10FNO4/c14-10-6-8(17)1-3-11(10)15-13(19)9-5-7(16)2-4-12(9)18/h1-6,16-18H,(H,15,19). The maximum absolute atomic E-state index is 13.4. The molecule has 2 aromatic carbocycles. The van der Waals surface area contributed by atoms with E-state index >= 15 is 0 Å². The predicted molar refractivity (Wildman–Crippen MR) is 65.8 cm³/mol. The van der Waals surface area contributed by atoms with Crippen molar-refractivity contribution in [2.24, 2.45) is 0 Å². The SMILES string of the molecule is O=C(Nc1ccc(O)cc1F)c1cc(O)ccc1O. The molecule has 19 heavy (non-hydrogen) atoms. The van der Waals surface area contributed by atoms with Crippen molar-refractivity contribution in [2.75, 3.05) is 5.32 Å². The minimum Gasteiger partial charge on any atom is -0.508 e. The van der Waals surface area contributed by atoms with Crippen LogP contribution in [0.3, 0.4) is 0 Å². The summed E-state index contributed by atoms with van der Waals surface area (Å²) in [6.07, 6.45) is 0. The van der Waals surface area contributed by atoms with Crippen molar-refractivity contribution in [2.45, 2.75) is 0 Å². The van der Waals surface area contributed by atoms with Gasteiger partial charge in [-0.05, 0) is 30.3 Å². The number of phenolic OH excluding ortho intramolecular Hbond substituents is 3. The molecule has 0 unspecified atom stereocenters. The Labute approximate surface area is 107 Å². The Morgan fingerprint density at radius 3 is 2.32 bits per heavy atom. The summed E-state index contributed by atoms with van der Waals surface area (Å²) in [5.74, 6) is -2.40. The number of anilines is 1. The summed E-state index contributed by atoms with van der Waals surface area (Å²) in [4.78, 5) is 11.8. The number of carbonyl (C=O) groups is 1. The molecule has 0 aliphatic rings. The number of halogens is 1. The quantitative estimate of drug-likeness (QED) is 0.625. The average Bonchev–Trinajstić information content (AvgIpc) is 2.35. The monoisotopic (exact) mass is 263 g/mol. The van der Waals surface area contributed by atoms with Crippen LogP contribution >= 0.6 is 0 Å². The first-order chi connectivity index (χ1) is 8.97. The smallest absolute Gasteiger partial charge is 0.259 e. The number of rotatable bonds is 2. The highest BCUT2D eigenvalue weighted by molar-refractivity contribution is 6.06. The van der Waals surface area contributed by atoms with Crippen LogP contribution in [0.4, 0.5) is 10.1 Å². The molecule has 0 aliphatic heterocycles. The van der Waals surface area contributed by atoms with Gasteiger partial charge in [-0.1, -0.05) is 0 Å². The first-order valence-corrected chi connectivity index (χ1v) is 5.29. The van der Waals surface area contributed by atoms with Crippen LogP contribution in [-0.2, 0) is 0 Å². The minimum absolute atomic E-state index is 0.148. The summed E-state index contributed by atoms with van der Waals surface area (Å²) in [5.41, 5.74) is -0.335. The van der Waals surface area contributed by atoms with E-state index in [1.807, 2.05) is 0 Å². The molecule has 0 fully saturated rings. The topological polar surface area (TPSA) is 89.8 Å². The lowest BCUT2D eigenvalue weighted by Gasteiger charge is -2.08. The first-order valence-electron chi connectivity index (χ1n) is 5.29. The molecule has 0 radical (unpaired) electrons. The molecule has 0 spiro atoms. The first kappa shape index (κ1) is 12.7. The normalized spacial score (nSPS) is 10.2. The van der Waals surface area contributed by atoms with Gasteiger partial charge in [0.25, 0.3) is 5.91 Å². The van der Waals surface area contributed by atoms with Crippen LogP contribution in [0.5, 0.6) is 17.2 Å². The van der Waals surface area contributed by atoms with Crippen molar-refractivity contribution in [3.05, 3.63) is 47.8 Å². The van der Waals surface area contributed by atoms with Crippen LogP contribution in [0.15, 0.2) is 36.4 Å². The number of benzene rings is 2. The lowest BCUT2D eigenvalue weighted by Crippen LogP contribution is -2.13. The largest absolute Gasteiger partial charge is 0.508 e.